The van der Waals surface area contributed by atoms with Crippen LogP contribution in [-0.2, 0) is 19.1 Å². The maximum absolute atomic E-state index is 12.0. The molecule has 0 aliphatic heterocycles. The second kappa shape index (κ2) is 12.5. The molecular weight excluding hydrogens is 461 g/mol. The van der Waals surface area contributed by atoms with Crippen LogP contribution < -0.4 is 20.2 Å². The topological polar surface area (TPSA) is 115 Å². The van der Waals surface area contributed by atoms with Crippen LogP contribution >= 0.6 is 23.2 Å². The van der Waals surface area contributed by atoms with Gasteiger partial charge in [-0.3, -0.25) is 9.59 Å². The van der Waals surface area contributed by atoms with Crippen LogP contribution in [-0.4, -0.2) is 44.3 Å². The largest absolute Gasteiger partial charge is 0.493 e. The number of methoxy groups -OCH3 is 1. The third-order valence-corrected chi connectivity index (χ3v) is 4.61. The fourth-order valence-electron chi connectivity index (χ4n) is 2.38. The SMILES string of the molecule is CCOC(=O)COc1ccc(C=NNC(=O)CC(=O)Nc2cccc(Cl)c2Cl)cc1OC. The zero-order valence-electron chi connectivity index (χ0n) is 17.3. The predicted octanol–water partition coefficient (Wildman–Crippen LogP) is 3.42. The molecule has 2 N–H and O–H groups in total. The molecule has 2 aromatic rings. The lowest BCUT2D eigenvalue weighted by molar-refractivity contribution is -0.145. The first-order valence-corrected chi connectivity index (χ1v) is 10.1. The average molecular weight is 482 g/mol. The highest BCUT2D eigenvalue weighted by molar-refractivity contribution is 6.44. The predicted molar refractivity (Wildman–Crippen MR) is 121 cm³/mol. The van der Waals surface area contributed by atoms with Crippen molar-refractivity contribution < 1.29 is 28.6 Å². The normalized spacial score (nSPS) is 10.5. The van der Waals surface area contributed by atoms with Crippen LogP contribution in [0.15, 0.2) is 41.5 Å². The number of nitrogens with one attached hydrogen (secondary N) is 2. The lowest BCUT2D eigenvalue weighted by Crippen LogP contribution is -2.24. The van der Waals surface area contributed by atoms with Crippen molar-refractivity contribution >= 4 is 52.9 Å². The number of amides is 2. The van der Waals surface area contributed by atoms with Gasteiger partial charge in [0.05, 0.1) is 35.7 Å². The van der Waals surface area contributed by atoms with Crippen molar-refractivity contribution in [1.82, 2.24) is 5.43 Å². The van der Waals surface area contributed by atoms with E-state index in [0.29, 0.717) is 22.7 Å². The summed E-state index contributed by atoms with van der Waals surface area (Å²) in [6.07, 6.45) is 0.894. The molecule has 2 aromatic carbocycles. The van der Waals surface area contributed by atoms with Crippen LogP contribution in [0.3, 0.4) is 0 Å². The Labute approximate surface area is 194 Å². The summed E-state index contributed by atoms with van der Waals surface area (Å²) in [5.41, 5.74) is 3.15. The second-order valence-corrected chi connectivity index (χ2v) is 6.91. The van der Waals surface area contributed by atoms with E-state index in [1.54, 1.807) is 43.3 Å². The van der Waals surface area contributed by atoms with E-state index in [4.69, 9.17) is 37.4 Å². The van der Waals surface area contributed by atoms with Crippen LogP contribution in [0, 0.1) is 0 Å². The smallest absolute Gasteiger partial charge is 0.344 e. The van der Waals surface area contributed by atoms with Crippen molar-refractivity contribution in [2.24, 2.45) is 5.10 Å². The number of halogens is 2. The average Bonchev–Trinajstić information content (AvgIpc) is 2.76. The minimum absolute atomic E-state index is 0.185. The molecule has 0 bridgehead atoms. The summed E-state index contributed by atoms with van der Waals surface area (Å²) in [5.74, 6) is -0.991. The van der Waals surface area contributed by atoms with Gasteiger partial charge in [-0.25, -0.2) is 10.2 Å². The number of esters is 1. The number of benzene rings is 2. The van der Waals surface area contributed by atoms with Gasteiger partial charge in [-0.05, 0) is 42.8 Å². The van der Waals surface area contributed by atoms with Crippen molar-refractivity contribution in [3.8, 4) is 11.5 Å². The number of anilines is 1. The molecule has 170 valence electrons. The van der Waals surface area contributed by atoms with Crippen molar-refractivity contribution in [1.29, 1.82) is 0 Å². The molecule has 2 rings (SSSR count). The molecule has 0 saturated heterocycles. The zero-order valence-corrected chi connectivity index (χ0v) is 18.8. The number of hydrazone groups is 1. The maximum Gasteiger partial charge on any atom is 0.344 e. The maximum atomic E-state index is 12.0. The third-order valence-electron chi connectivity index (χ3n) is 3.79. The summed E-state index contributed by atoms with van der Waals surface area (Å²) in [6.45, 7) is 1.71. The van der Waals surface area contributed by atoms with Gasteiger partial charge in [0.15, 0.2) is 18.1 Å². The molecule has 32 heavy (non-hydrogen) atoms. The molecule has 11 heteroatoms. The van der Waals surface area contributed by atoms with Crippen LogP contribution in [0.5, 0.6) is 11.5 Å². The quantitative estimate of drug-likeness (QED) is 0.232. The first-order chi connectivity index (χ1) is 15.3. The molecule has 0 spiro atoms. The molecule has 0 atom stereocenters. The third kappa shape index (κ3) is 7.75. The standard InChI is InChI=1S/C21H21Cl2N3O6/c1-3-31-20(29)12-32-16-8-7-13(9-17(16)30-2)11-24-26-19(28)10-18(27)25-15-6-4-5-14(22)21(15)23/h4-9,11H,3,10,12H2,1-2H3,(H,25,27)(H,26,28). The molecule has 0 aromatic heterocycles. The highest BCUT2D eigenvalue weighted by Gasteiger charge is 2.12. The Bertz CT molecular complexity index is 1010. The Morgan fingerprint density at radius 3 is 2.59 bits per heavy atom. The molecule has 0 unspecified atom stereocenters. The number of rotatable bonds is 10. The van der Waals surface area contributed by atoms with E-state index in [1.165, 1.54) is 13.3 Å². The molecule has 0 aliphatic rings. The summed E-state index contributed by atoms with van der Waals surface area (Å²) in [7, 11) is 1.44. The van der Waals surface area contributed by atoms with Gasteiger partial charge in [0, 0.05) is 0 Å². The van der Waals surface area contributed by atoms with E-state index in [-0.39, 0.29) is 23.3 Å². The van der Waals surface area contributed by atoms with Gasteiger partial charge in [-0.15, -0.1) is 0 Å². The van der Waals surface area contributed by atoms with Gasteiger partial charge in [0.25, 0.3) is 0 Å². The van der Waals surface area contributed by atoms with E-state index in [2.05, 4.69) is 15.8 Å². The van der Waals surface area contributed by atoms with Gasteiger partial charge in [0.1, 0.15) is 6.42 Å². The van der Waals surface area contributed by atoms with Crippen LogP contribution in [0.2, 0.25) is 10.0 Å². The van der Waals surface area contributed by atoms with Gasteiger partial charge in [-0.2, -0.15) is 5.10 Å². The van der Waals surface area contributed by atoms with Gasteiger partial charge < -0.3 is 19.5 Å². The molecule has 0 heterocycles. The number of hydrogen-bond donors (Lipinski definition) is 2. The number of hydrogen-bond acceptors (Lipinski definition) is 7. The molecule has 2 amide bonds. The van der Waals surface area contributed by atoms with Crippen LogP contribution in [0.25, 0.3) is 0 Å². The van der Waals surface area contributed by atoms with Gasteiger partial charge in [0.2, 0.25) is 11.8 Å². The highest BCUT2D eigenvalue weighted by atomic mass is 35.5. The molecule has 0 saturated carbocycles. The summed E-state index contributed by atoms with van der Waals surface area (Å²) >= 11 is 11.9. The monoisotopic (exact) mass is 481 g/mol. The van der Waals surface area contributed by atoms with Crippen molar-refractivity contribution in [3.05, 3.63) is 52.0 Å². The number of carbonyl (C=O) groups is 3. The fourth-order valence-corrected chi connectivity index (χ4v) is 2.73. The van der Waals surface area contributed by atoms with E-state index in [1.807, 2.05) is 0 Å². The first-order valence-electron chi connectivity index (χ1n) is 9.36. The zero-order chi connectivity index (χ0) is 23.5. The highest BCUT2D eigenvalue weighted by Crippen LogP contribution is 2.29. The summed E-state index contributed by atoms with van der Waals surface area (Å²) < 4.78 is 15.4. The minimum atomic E-state index is -0.627. The molecule has 9 nitrogen and oxygen atoms in total. The molecular formula is C21H21Cl2N3O6. The van der Waals surface area contributed by atoms with Crippen molar-refractivity contribution in [3.63, 3.8) is 0 Å². The molecule has 0 aliphatic carbocycles. The molecule has 0 radical (unpaired) electrons. The number of nitrogens with zero attached hydrogens (tertiary/aromatic N) is 1. The minimum Gasteiger partial charge on any atom is -0.493 e. The van der Waals surface area contributed by atoms with E-state index < -0.39 is 24.2 Å². The van der Waals surface area contributed by atoms with Crippen LogP contribution in [0.1, 0.15) is 18.9 Å². The van der Waals surface area contributed by atoms with E-state index in [9.17, 15) is 14.4 Å². The Morgan fingerprint density at radius 1 is 1.09 bits per heavy atom. The Balaban J connectivity index is 1.88. The molecule has 0 fully saturated rings. The van der Waals surface area contributed by atoms with E-state index in [0.717, 1.165) is 0 Å². The number of ether oxygens (including phenoxy) is 3. The number of carbonyl (C=O) groups excluding carboxylic acids is 3. The first kappa shape index (κ1) is 25.0. The Kier molecular flexibility index (Phi) is 9.77. The van der Waals surface area contributed by atoms with Crippen molar-refractivity contribution in [2.45, 2.75) is 13.3 Å². The van der Waals surface area contributed by atoms with Gasteiger partial charge >= 0.3 is 5.97 Å². The van der Waals surface area contributed by atoms with Crippen LogP contribution in [0.4, 0.5) is 5.69 Å². The Morgan fingerprint density at radius 2 is 1.88 bits per heavy atom. The summed E-state index contributed by atoms with van der Waals surface area (Å²) in [6, 6.07) is 9.60. The van der Waals surface area contributed by atoms with Crippen molar-refractivity contribution in [2.75, 3.05) is 25.6 Å². The second-order valence-electron chi connectivity index (χ2n) is 6.12. The lowest BCUT2D eigenvalue weighted by atomic mass is 10.2. The Hall–Kier alpha value is -3.30. The van der Waals surface area contributed by atoms with Gasteiger partial charge in [-0.1, -0.05) is 29.3 Å². The fraction of sp³-hybridized carbons (Fsp3) is 0.238. The lowest BCUT2D eigenvalue weighted by Gasteiger charge is -2.10. The van der Waals surface area contributed by atoms with E-state index >= 15 is 0 Å². The summed E-state index contributed by atoms with van der Waals surface area (Å²) in [5, 5.41) is 6.79. The summed E-state index contributed by atoms with van der Waals surface area (Å²) in [4.78, 5) is 35.3.